The van der Waals surface area contributed by atoms with Crippen molar-refractivity contribution in [2.24, 2.45) is 11.8 Å². The summed E-state index contributed by atoms with van der Waals surface area (Å²) in [5, 5.41) is 5.33. The van der Waals surface area contributed by atoms with Crippen LogP contribution in [-0.4, -0.2) is 16.8 Å². The van der Waals surface area contributed by atoms with Crippen LogP contribution in [0.5, 0.6) is 0 Å². The molecule has 2 aromatic rings. The van der Waals surface area contributed by atoms with Gasteiger partial charge in [-0.15, -0.1) is 0 Å². The number of pyridine rings is 1. The minimum atomic E-state index is -0.486. The molecule has 0 aliphatic heterocycles. The van der Waals surface area contributed by atoms with Gasteiger partial charge in [-0.2, -0.15) is 0 Å². The summed E-state index contributed by atoms with van der Waals surface area (Å²) in [6.07, 6.45) is 2.34. The summed E-state index contributed by atoms with van der Waals surface area (Å²) in [5.41, 5.74) is 0.826. The average molecular weight is 313 g/mol. The van der Waals surface area contributed by atoms with Crippen LogP contribution in [0.4, 0.5) is 15.8 Å². The largest absolute Gasteiger partial charge is 0.324 e. The second-order valence-corrected chi connectivity index (χ2v) is 5.67. The lowest BCUT2D eigenvalue weighted by atomic mass is 10.2. The molecule has 1 aromatic heterocycles. The predicted octanol–water partition coefficient (Wildman–Crippen LogP) is 3.07. The lowest BCUT2D eigenvalue weighted by molar-refractivity contribution is -0.117. The molecule has 2 unspecified atom stereocenters. The van der Waals surface area contributed by atoms with Gasteiger partial charge in [0, 0.05) is 12.1 Å². The molecule has 1 aromatic carbocycles. The summed E-state index contributed by atoms with van der Waals surface area (Å²) in [5.74, 6) is -0.767. The first kappa shape index (κ1) is 15.1. The summed E-state index contributed by atoms with van der Waals surface area (Å²) in [6.45, 7) is 1.99. The van der Waals surface area contributed by atoms with Gasteiger partial charge in [-0.3, -0.25) is 14.6 Å². The maximum Gasteiger partial charge on any atom is 0.274 e. The topological polar surface area (TPSA) is 71.1 Å². The van der Waals surface area contributed by atoms with Gasteiger partial charge >= 0.3 is 0 Å². The van der Waals surface area contributed by atoms with Crippen LogP contribution in [0.25, 0.3) is 0 Å². The SMILES string of the molecule is CC1CC1C(=O)Nc1cc(F)ccc1NC(=O)c1ccccn1. The van der Waals surface area contributed by atoms with E-state index in [2.05, 4.69) is 15.6 Å². The third-order valence-corrected chi connectivity index (χ3v) is 3.83. The normalized spacial score (nSPS) is 19.0. The van der Waals surface area contributed by atoms with Crippen LogP contribution in [0.3, 0.4) is 0 Å². The van der Waals surface area contributed by atoms with Gasteiger partial charge in [0.25, 0.3) is 5.91 Å². The molecule has 0 spiro atoms. The van der Waals surface area contributed by atoms with Gasteiger partial charge in [-0.1, -0.05) is 13.0 Å². The zero-order valence-electron chi connectivity index (χ0n) is 12.5. The zero-order chi connectivity index (χ0) is 16.4. The zero-order valence-corrected chi connectivity index (χ0v) is 12.5. The first-order valence-electron chi connectivity index (χ1n) is 7.37. The number of halogens is 1. The molecular formula is C17H16FN3O2. The Balaban J connectivity index is 1.78. The minimum absolute atomic E-state index is 0.0439. The highest BCUT2D eigenvalue weighted by atomic mass is 19.1. The van der Waals surface area contributed by atoms with E-state index in [4.69, 9.17) is 0 Å². The molecule has 23 heavy (non-hydrogen) atoms. The number of rotatable bonds is 4. The number of hydrogen-bond acceptors (Lipinski definition) is 3. The summed E-state index contributed by atoms with van der Waals surface area (Å²) >= 11 is 0. The van der Waals surface area contributed by atoms with Crippen molar-refractivity contribution >= 4 is 23.2 Å². The molecule has 1 fully saturated rings. The van der Waals surface area contributed by atoms with Crippen molar-refractivity contribution < 1.29 is 14.0 Å². The molecule has 1 heterocycles. The molecule has 5 nitrogen and oxygen atoms in total. The fourth-order valence-corrected chi connectivity index (χ4v) is 2.33. The van der Waals surface area contributed by atoms with Gasteiger partial charge < -0.3 is 10.6 Å². The van der Waals surface area contributed by atoms with E-state index in [1.807, 2.05) is 6.92 Å². The second kappa shape index (κ2) is 6.16. The number of benzene rings is 1. The fraction of sp³-hybridized carbons (Fsp3) is 0.235. The number of anilines is 2. The first-order valence-corrected chi connectivity index (χ1v) is 7.37. The summed E-state index contributed by atoms with van der Waals surface area (Å²) in [7, 11) is 0. The minimum Gasteiger partial charge on any atom is -0.324 e. The number of aromatic nitrogens is 1. The van der Waals surface area contributed by atoms with Crippen LogP contribution in [0.1, 0.15) is 23.8 Å². The molecule has 2 amide bonds. The number of carbonyl (C=O) groups excluding carboxylic acids is 2. The van der Waals surface area contributed by atoms with Gasteiger partial charge in [-0.05, 0) is 42.7 Å². The average Bonchev–Trinajstić information content (AvgIpc) is 3.28. The van der Waals surface area contributed by atoms with Crippen molar-refractivity contribution in [1.82, 2.24) is 4.98 Å². The van der Waals surface area contributed by atoms with Gasteiger partial charge in [0.2, 0.25) is 5.91 Å². The van der Waals surface area contributed by atoms with E-state index in [0.717, 1.165) is 6.42 Å². The number of amides is 2. The van der Waals surface area contributed by atoms with Crippen molar-refractivity contribution in [3.8, 4) is 0 Å². The second-order valence-electron chi connectivity index (χ2n) is 5.67. The molecule has 0 radical (unpaired) electrons. The fourth-order valence-electron chi connectivity index (χ4n) is 2.33. The van der Waals surface area contributed by atoms with Crippen LogP contribution in [0, 0.1) is 17.7 Å². The van der Waals surface area contributed by atoms with Crippen molar-refractivity contribution in [1.29, 1.82) is 0 Å². The smallest absolute Gasteiger partial charge is 0.274 e. The molecule has 1 aliphatic rings. The van der Waals surface area contributed by atoms with Crippen LogP contribution in [0.2, 0.25) is 0 Å². The van der Waals surface area contributed by atoms with Crippen LogP contribution in [-0.2, 0) is 4.79 Å². The van der Waals surface area contributed by atoms with Gasteiger partial charge in [0.15, 0.2) is 0 Å². The van der Waals surface area contributed by atoms with Crippen molar-refractivity contribution in [2.45, 2.75) is 13.3 Å². The highest BCUT2D eigenvalue weighted by molar-refractivity contribution is 6.06. The Morgan fingerprint density at radius 3 is 2.61 bits per heavy atom. The van der Waals surface area contributed by atoms with E-state index in [0.29, 0.717) is 11.6 Å². The van der Waals surface area contributed by atoms with E-state index in [1.165, 1.54) is 24.4 Å². The van der Waals surface area contributed by atoms with Gasteiger partial charge in [-0.25, -0.2) is 4.39 Å². The maximum atomic E-state index is 13.5. The third kappa shape index (κ3) is 3.53. The molecule has 0 bridgehead atoms. The molecule has 118 valence electrons. The summed E-state index contributed by atoms with van der Waals surface area (Å²) in [4.78, 5) is 28.2. The Morgan fingerprint density at radius 1 is 1.17 bits per heavy atom. The van der Waals surface area contributed by atoms with Gasteiger partial charge in [0.05, 0.1) is 11.4 Å². The third-order valence-electron chi connectivity index (χ3n) is 3.83. The quantitative estimate of drug-likeness (QED) is 0.911. The molecule has 2 N–H and O–H groups in total. The van der Waals surface area contributed by atoms with E-state index in [9.17, 15) is 14.0 Å². The highest BCUT2D eigenvalue weighted by Crippen LogP contribution is 2.39. The molecule has 2 atom stereocenters. The Hall–Kier alpha value is -2.76. The monoisotopic (exact) mass is 313 g/mol. The van der Waals surface area contributed by atoms with Gasteiger partial charge in [0.1, 0.15) is 11.5 Å². The first-order chi connectivity index (χ1) is 11.0. The Bertz CT molecular complexity index is 749. The van der Waals surface area contributed by atoms with Crippen LogP contribution in [0.15, 0.2) is 42.6 Å². The molecule has 1 saturated carbocycles. The van der Waals surface area contributed by atoms with Crippen LogP contribution < -0.4 is 10.6 Å². The number of hydrogen-bond donors (Lipinski definition) is 2. The van der Waals surface area contributed by atoms with Crippen molar-refractivity contribution in [2.75, 3.05) is 10.6 Å². The maximum absolute atomic E-state index is 13.5. The lowest BCUT2D eigenvalue weighted by Crippen LogP contribution is -2.18. The van der Waals surface area contributed by atoms with E-state index in [-0.39, 0.29) is 23.2 Å². The number of nitrogens with one attached hydrogen (secondary N) is 2. The summed E-state index contributed by atoms with van der Waals surface area (Å²) < 4.78 is 13.5. The molecule has 1 aliphatic carbocycles. The van der Waals surface area contributed by atoms with E-state index >= 15 is 0 Å². The molecule has 3 rings (SSSR count). The highest BCUT2D eigenvalue weighted by Gasteiger charge is 2.39. The van der Waals surface area contributed by atoms with E-state index < -0.39 is 11.7 Å². The Kier molecular flexibility index (Phi) is 4.06. The Morgan fingerprint density at radius 2 is 1.96 bits per heavy atom. The number of nitrogens with zero attached hydrogens (tertiary/aromatic N) is 1. The lowest BCUT2D eigenvalue weighted by Gasteiger charge is -2.12. The van der Waals surface area contributed by atoms with Crippen molar-refractivity contribution in [3.05, 3.63) is 54.1 Å². The molecular weight excluding hydrogens is 297 g/mol. The van der Waals surface area contributed by atoms with E-state index in [1.54, 1.807) is 18.2 Å². The standard InChI is InChI=1S/C17H16FN3O2/c1-10-8-12(10)16(22)21-15-9-11(18)5-6-13(15)20-17(23)14-4-2-3-7-19-14/h2-7,9-10,12H,8H2,1H3,(H,20,23)(H,21,22). The predicted molar refractivity (Wildman–Crippen MR) is 84.5 cm³/mol. The summed E-state index contributed by atoms with van der Waals surface area (Å²) in [6, 6.07) is 8.81. The van der Waals surface area contributed by atoms with Crippen LogP contribution >= 0.6 is 0 Å². The van der Waals surface area contributed by atoms with Crippen molar-refractivity contribution in [3.63, 3.8) is 0 Å². The molecule has 6 heteroatoms. The molecule has 0 saturated heterocycles. The Labute approximate surface area is 132 Å². The number of carbonyl (C=O) groups is 2.